The highest BCUT2D eigenvalue weighted by atomic mass is 35.5. The molecule has 4 heteroatoms. The van der Waals surface area contributed by atoms with Crippen molar-refractivity contribution in [3.8, 4) is 5.75 Å². The first-order chi connectivity index (χ1) is 8.58. The molecule has 0 saturated carbocycles. The summed E-state index contributed by atoms with van der Waals surface area (Å²) in [6.45, 7) is 1.77. The predicted molar refractivity (Wildman–Crippen MR) is 72.2 cm³/mol. The van der Waals surface area contributed by atoms with Crippen LogP contribution in [0.25, 0.3) is 0 Å². The van der Waals surface area contributed by atoms with Gasteiger partial charge >= 0.3 is 0 Å². The van der Waals surface area contributed by atoms with Crippen LogP contribution in [-0.2, 0) is 0 Å². The number of amides is 1. The number of hydrogen-bond donors (Lipinski definition) is 2. The fourth-order valence-corrected chi connectivity index (χ4v) is 1.80. The number of phenols is 1. The fraction of sp³-hybridized carbons (Fsp3) is 0.0714. The average molecular weight is 262 g/mol. The molecule has 1 amide bonds. The number of nitrogens with one attached hydrogen (secondary N) is 1. The molecule has 2 N–H and O–H groups in total. The zero-order valence-corrected chi connectivity index (χ0v) is 10.5. The summed E-state index contributed by atoms with van der Waals surface area (Å²) in [5.41, 5.74) is 1.64. The second-order valence-corrected chi connectivity index (χ2v) is 4.37. The largest absolute Gasteiger partial charge is 0.507 e. The number of carbonyl (C=O) groups excluding carboxylic acids is 1. The van der Waals surface area contributed by atoms with Crippen LogP contribution in [-0.4, -0.2) is 11.0 Å². The maximum atomic E-state index is 12.0. The molecule has 0 aliphatic heterocycles. The van der Waals surface area contributed by atoms with E-state index in [2.05, 4.69) is 5.32 Å². The van der Waals surface area contributed by atoms with Gasteiger partial charge in [-0.15, -0.1) is 0 Å². The van der Waals surface area contributed by atoms with Gasteiger partial charge in [-0.1, -0.05) is 23.7 Å². The van der Waals surface area contributed by atoms with E-state index in [4.69, 9.17) is 11.6 Å². The third-order valence-corrected chi connectivity index (χ3v) is 2.83. The molecule has 18 heavy (non-hydrogen) atoms. The highest BCUT2D eigenvalue weighted by molar-refractivity contribution is 6.30. The highest BCUT2D eigenvalue weighted by Gasteiger charge is 2.13. The Labute approximate surface area is 110 Å². The fourth-order valence-electron chi connectivity index (χ4n) is 1.67. The van der Waals surface area contributed by atoms with Crippen LogP contribution < -0.4 is 5.32 Å². The lowest BCUT2D eigenvalue weighted by atomic mass is 10.1. The van der Waals surface area contributed by atoms with Gasteiger partial charge in [0.1, 0.15) is 5.75 Å². The molecule has 2 aromatic carbocycles. The van der Waals surface area contributed by atoms with Crippen LogP contribution in [0.3, 0.4) is 0 Å². The molecule has 0 bridgehead atoms. The average Bonchev–Trinajstić information content (AvgIpc) is 2.32. The Hall–Kier alpha value is -2.00. The number of phenolic OH excluding ortho intramolecular Hbond substituents is 1. The molecule has 0 heterocycles. The summed E-state index contributed by atoms with van der Waals surface area (Å²) in [5.74, 6) is -0.366. The van der Waals surface area contributed by atoms with Crippen molar-refractivity contribution in [1.82, 2.24) is 0 Å². The van der Waals surface area contributed by atoms with Gasteiger partial charge in [-0.3, -0.25) is 4.79 Å². The molecule has 2 rings (SSSR count). The predicted octanol–water partition coefficient (Wildman–Crippen LogP) is 3.61. The Morgan fingerprint density at radius 3 is 2.44 bits per heavy atom. The Kier molecular flexibility index (Phi) is 3.53. The SMILES string of the molecule is Cc1cccc(O)c1C(=O)Nc1ccc(Cl)cc1. The van der Waals surface area contributed by atoms with E-state index in [-0.39, 0.29) is 17.2 Å². The van der Waals surface area contributed by atoms with Gasteiger partial charge in [-0.2, -0.15) is 0 Å². The second-order valence-electron chi connectivity index (χ2n) is 3.93. The van der Waals surface area contributed by atoms with Gasteiger partial charge in [-0.05, 0) is 42.8 Å². The lowest BCUT2D eigenvalue weighted by Crippen LogP contribution is -2.13. The zero-order chi connectivity index (χ0) is 13.1. The molecule has 0 atom stereocenters. The van der Waals surface area contributed by atoms with E-state index >= 15 is 0 Å². The molecule has 0 fully saturated rings. The Bertz CT molecular complexity index is 559. The molecule has 0 unspecified atom stereocenters. The molecule has 2 aromatic rings. The first-order valence-corrected chi connectivity index (χ1v) is 5.81. The van der Waals surface area contributed by atoms with Crippen LogP contribution in [0.4, 0.5) is 5.69 Å². The summed E-state index contributed by atoms with van der Waals surface area (Å²) < 4.78 is 0. The quantitative estimate of drug-likeness (QED) is 0.868. The number of benzene rings is 2. The molecular weight excluding hydrogens is 250 g/mol. The van der Waals surface area contributed by atoms with Crippen molar-refractivity contribution < 1.29 is 9.90 Å². The minimum Gasteiger partial charge on any atom is -0.507 e. The first-order valence-electron chi connectivity index (χ1n) is 5.43. The number of hydrogen-bond acceptors (Lipinski definition) is 2. The van der Waals surface area contributed by atoms with Crippen LogP contribution >= 0.6 is 11.6 Å². The van der Waals surface area contributed by atoms with Crippen molar-refractivity contribution in [3.05, 3.63) is 58.6 Å². The number of aryl methyl sites for hydroxylation is 1. The molecule has 0 radical (unpaired) electrons. The number of halogens is 1. The number of aromatic hydroxyl groups is 1. The van der Waals surface area contributed by atoms with Gasteiger partial charge in [0.15, 0.2) is 0 Å². The summed E-state index contributed by atoms with van der Waals surface area (Å²) >= 11 is 5.76. The maximum Gasteiger partial charge on any atom is 0.259 e. The summed E-state index contributed by atoms with van der Waals surface area (Å²) in [5, 5.41) is 13.0. The van der Waals surface area contributed by atoms with Gasteiger partial charge in [0.05, 0.1) is 5.56 Å². The van der Waals surface area contributed by atoms with E-state index in [0.717, 1.165) is 5.56 Å². The van der Waals surface area contributed by atoms with Crippen molar-refractivity contribution in [2.45, 2.75) is 6.92 Å². The molecule has 0 aliphatic carbocycles. The van der Waals surface area contributed by atoms with Gasteiger partial charge in [0.25, 0.3) is 5.91 Å². The standard InChI is InChI=1S/C14H12ClNO2/c1-9-3-2-4-12(17)13(9)14(18)16-11-7-5-10(15)6-8-11/h2-8,17H,1H3,(H,16,18). The van der Waals surface area contributed by atoms with Crippen LogP contribution in [0.2, 0.25) is 5.02 Å². The van der Waals surface area contributed by atoms with E-state index in [1.165, 1.54) is 6.07 Å². The minimum absolute atomic E-state index is 0.0264. The molecule has 0 spiro atoms. The summed E-state index contributed by atoms with van der Waals surface area (Å²) in [7, 11) is 0. The van der Waals surface area contributed by atoms with Crippen molar-refractivity contribution >= 4 is 23.2 Å². The van der Waals surface area contributed by atoms with Gasteiger partial charge in [-0.25, -0.2) is 0 Å². The lowest BCUT2D eigenvalue weighted by molar-refractivity contribution is 0.102. The summed E-state index contributed by atoms with van der Waals surface area (Å²) in [4.78, 5) is 12.0. The Morgan fingerprint density at radius 1 is 1.17 bits per heavy atom. The van der Waals surface area contributed by atoms with E-state index in [0.29, 0.717) is 10.7 Å². The van der Waals surface area contributed by atoms with Gasteiger partial charge in [0.2, 0.25) is 0 Å². The monoisotopic (exact) mass is 261 g/mol. The lowest BCUT2D eigenvalue weighted by Gasteiger charge is -2.09. The zero-order valence-electron chi connectivity index (χ0n) is 9.77. The molecule has 0 aromatic heterocycles. The molecule has 0 saturated heterocycles. The Balaban J connectivity index is 2.25. The van der Waals surface area contributed by atoms with Crippen LogP contribution in [0.15, 0.2) is 42.5 Å². The van der Waals surface area contributed by atoms with Crippen LogP contribution in [0.5, 0.6) is 5.75 Å². The minimum atomic E-state index is -0.340. The van der Waals surface area contributed by atoms with Crippen molar-refractivity contribution in [1.29, 1.82) is 0 Å². The smallest absolute Gasteiger partial charge is 0.259 e. The van der Waals surface area contributed by atoms with E-state index < -0.39 is 0 Å². The third-order valence-electron chi connectivity index (χ3n) is 2.58. The molecule has 0 aliphatic rings. The first kappa shape index (κ1) is 12.5. The van der Waals surface area contributed by atoms with E-state index in [9.17, 15) is 9.90 Å². The molecule has 92 valence electrons. The van der Waals surface area contributed by atoms with Crippen molar-refractivity contribution in [2.24, 2.45) is 0 Å². The Morgan fingerprint density at radius 2 is 1.83 bits per heavy atom. The third kappa shape index (κ3) is 2.63. The molecule has 3 nitrogen and oxygen atoms in total. The van der Waals surface area contributed by atoms with E-state index in [1.807, 2.05) is 0 Å². The van der Waals surface area contributed by atoms with Gasteiger partial charge < -0.3 is 10.4 Å². The van der Waals surface area contributed by atoms with E-state index in [1.54, 1.807) is 43.3 Å². The number of carbonyl (C=O) groups is 1. The summed E-state index contributed by atoms with van der Waals surface area (Å²) in [6.07, 6.45) is 0. The second kappa shape index (κ2) is 5.10. The van der Waals surface area contributed by atoms with Crippen LogP contribution in [0.1, 0.15) is 15.9 Å². The normalized spacial score (nSPS) is 10.1. The highest BCUT2D eigenvalue weighted by Crippen LogP contribution is 2.22. The maximum absolute atomic E-state index is 12.0. The number of anilines is 1. The van der Waals surface area contributed by atoms with Crippen molar-refractivity contribution in [2.75, 3.05) is 5.32 Å². The topological polar surface area (TPSA) is 49.3 Å². The molecular formula is C14H12ClNO2. The van der Waals surface area contributed by atoms with Gasteiger partial charge in [0, 0.05) is 10.7 Å². The summed E-state index contributed by atoms with van der Waals surface area (Å²) in [6, 6.07) is 11.7. The van der Waals surface area contributed by atoms with Crippen molar-refractivity contribution in [3.63, 3.8) is 0 Å². The van der Waals surface area contributed by atoms with Crippen LogP contribution in [0, 0.1) is 6.92 Å². The number of rotatable bonds is 2.